The van der Waals surface area contributed by atoms with Gasteiger partial charge in [-0.25, -0.2) is 4.79 Å². The standard InChI is InChI=1S/C23H25NO5/c1-27-20-12-6-9-17(23(20)28-2)13-14-22(26)29-15-21(25)24-19-11-5-8-16-7-3-4-10-18(16)19/h3-4,6-7,9-10,12-14,19H,5,8,11,15H2,1-2H3,(H,24,25)/b14-13+/t19-/m1/s1. The van der Waals surface area contributed by atoms with Gasteiger partial charge in [-0.1, -0.05) is 36.4 Å². The van der Waals surface area contributed by atoms with E-state index in [9.17, 15) is 9.59 Å². The zero-order valence-corrected chi connectivity index (χ0v) is 16.6. The van der Waals surface area contributed by atoms with E-state index in [2.05, 4.69) is 11.4 Å². The zero-order valence-electron chi connectivity index (χ0n) is 16.6. The van der Waals surface area contributed by atoms with Gasteiger partial charge in [0.2, 0.25) is 0 Å². The number of methoxy groups -OCH3 is 2. The molecule has 0 spiro atoms. The molecule has 0 saturated heterocycles. The molecular formula is C23H25NO5. The molecule has 0 bridgehead atoms. The Morgan fingerprint density at radius 3 is 2.72 bits per heavy atom. The van der Waals surface area contributed by atoms with Crippen LogP contribution in [-0.4, -0.2) is 32.7 Å². The van der Waals surface area contributed by atoms with Crippen LogP contribution < -0.4 is 14.8 Å². The minimum absolute atomic E-state index is 0.0391. The maximum Gasteiger partial charge on any atom is 0.331 e. The molecule has 6 nitrogen and oxygen atoms in total. The number of ether oxygens (including phenoxy) is 3. The highest BCUT2D eigenvalue weighted by Gasteiger charge is 2.21. The molecule has 1 N–H and O–H groups in total. The van der Waals surface area contributed by atoms with E-state index in [0.29, 0.717) is 17.1 Å². The second-order valence-corrected chi connectivity index (χ2v) is 6.73. The summed E-state index contributed by atoms with van der Waals surface area (Å²) in [5, 5.41) is 2.96. The number of fused-ring (bicyclic) bond motifs is 1. The van der Waals surface area contributed by atoms with Crippen molar-refractivity contribution in [1.82, 2.24) is 5.32 Å². The van der Waals surface area contributed by atoms with Gasteiger partial charge in [-0.3, -0.25) is 4.79 Å². The van der Waals surface area contributed by atoms with E-state index in [-0.39, 0.29) is 18.6 Å². The topological polar surface area (TPSA) is 73.9 Å². The third-order valence-corrected chi connectivity index (χ3v) is 4.88. The zero-order chi connectivity index (χ0) is 20.6. The van der Waals surface area contributed by atoms with Crippen LogP contribution in [0.1, 0.15) is 35.6 Å². The van der Waals surface area contributed by atoms with Gasteiger partial charge in [0.05, 0.1) is 20.3 Å². The average Bonchev–Trinajstić information content (AvgIpc) is 2.76. The predicted molar refractivity (Wildman–Crippen MR) is 110 cm³/mol. The van der Waals surface area contributed by atoms with Gasteiger partial charge in [0.1, 0.15) is 0 Å². The number of carbonyl (C=O) groups excluding carboxylic acids is 2. The van der Waals surface area contributed by atoms with Gasteiger partial charge in [0.15, 0.2) is 18.1 Å². The molecule has 6 heteroatoms. The lowest BCUT2D eigenvalue weighted by Gasteiger charge is -2.26. The molecular weight excluding hydrogens is 370 g/mol. The highest BCUT2D eigenvalue weighted by Crippen LogP contribution is 2.31. The summed E-state index contributed by atoms with van der Waals surface area (Å²) in [6.07, 6.45) is 5.76. The fourth-order valence-electron chi connectivity index (χ4n) is 3.53. The molecule has 29 heavy (non-hydrogen) atoms. The third-order valence-electron chi connectivity index (χ3n) is 4.88. The Morgan fingerprint density at radius 2 is 1.93 bits per heavy atom. The van der Waals surface area contributed by atoms with E-state index in [1.54, 1.807) is 31.4 Å². The monoisotopic (exact) mass is 395 g/mol. The quantitative estimate of drug-likeness (QED) is 0.574. The molecule has 0 heterocycles. The molecule has 0 unspecified atom stereocenters. The van der Waals surface area contributed by atoms with Gasteiger partial charge in [-0.05, 0) is 42.5 Å². The van der Waals surface area contributed by atoms with Crippen LogP contribution in [0.15, 0.2) is 48.5 Å². The number of para-hydroxylation sites is 1. The van der Waals surface area contributed by atoms with Crippen molar-refractivity contribution in [3.8, 4) is 11.5 Å². The maximum absolute atomic E-state index is 12.2. The molecule has 0 radical (unpaired) electrons. The van der Waals surface area contributed by atoms with Gasteiger partial charge in [0, 0.05) is 11.6 Å². The average molecular weight is 395 g/mol. The molecule has 1 aliphatic rings. The summed E-state index contributed by atoms with van der Waals surface area (Å²) in [5.41, 5.74) is 3.08. The lowest BCUT2D eigenvalue weighted by Crippen LogP contribution is -2.34. The van der Waals surface area contributed by atoms with Crippen molar-refractivity contribution < 1.29 is 23.8 Å². The van der Waals surface area contributed by atoms with E-state index in [1.807, 2.05) is 18.2 Å². The summed E-state index contributed by atoms with van der Waals surface area (Å²) in [6.45, 7) is -0.322. The van der Waals surface area contributed by atoms with Crippen LogP contribution in [-0.2, 0) is 20.7 Å². The van der Waals surface area contributed by atoms with E-state index in [4.69, 9.17) is 14.2 Å². The van der Waals surface area contributed by atoms with Gasteiger partial charge < -0.3 is 19.5 Å². The summed E-state index contributed by atoms with van der Waals surface area (Å²) < 4.78 is 15.6. The minimum Gasteiger partial charge on any atom is -0.493 e. The second-order valence-electron chi connectivity index (χ2n) is 6.73. The second kappa shape index (κ2) is 9.78. The van der Waals surface area contributed by atoms with Gasteiger partial charge in [-0.2, -0.15) is 0 Å². The molecule has 2 aromatic carbocycles. The van der Waals surface area contributed by atoms with Crippen LogP contribution in [0.4, 0.5) is 0 Å². The number of rotatable bonds is 7. The van der Waals surface area contributed by atoms with Crippen LogP contribution in [0.25, 0.3) is 6.08 Å². The Balaban J connectivity index is 1.54. The normalized spacial score (nSPS) is 15.4. The molecule has 0 saturated carbocycles. The van der Waals surface area contributed by atoms with Crippen molar-refractivity contribution in [2.24, 2.45) is 0 Å². The molecule has 2 aromatic rings. The highest BCUT2D eigenvalue weighted by molar-refractivity contribution is 5.90. The first-order valence-corrected chi connectivity index (χ1v) is 9.55. The van der Waals surface area contributed by atoms with E-state index in [1.165, 1.54) is 18.7 Å². The lowest BCUT2D eigenvalue weighted by atomic mass is 9.88. The number of aryl methyl sites for hydroxylation is 1. The Morgan fingerprint density at radius 1 is 1.10 bits per heavy atom. The van der Waals surface area contributed by atoms with Crippen LogP contribution in [0.3, 0.4) is 0 Å². The van der Waals surface area contributed by atoms with Crippen molar-refractivity contribution in [2.75, 3.05) is 20.8 Å². The Hall–Kier alpha value is -3.28. The molecule has 1 atom stereocenters. The summed E-state index contributed by atoms with van der Waals surface area (Å²) in [5.74, 6) is 0.171. The van der Waals surface area contributed by atoms with Crippen molar-refractivity contribution in [3.63, 3.8) is 0 Å². The maximum atomic E-state index is 12.2. The Labute approximate surface area is 170 Å². The molecule has 0 aliphatic heterocycles. The van der Waals surface area contributed by atoms with Crippen LogP contribution in [0.2, 0.25) is 0 Å². The Kier molecular flexibility index (Phi) is 6.89. The van der Waals surface area contributed by atoms with Crippen molar-refractivity contribution in [2.45, 2.75) is 25.3 Å². The smallest absolute Gasteiger partial charge is 0.331 e. The summed E-state index contributed by atoms with van der Waals surface area (Å²) >= 11 is 0. The number of carbonyl (C=O) groups is 2. The number of amides is 1. The lowest BCUT2D eigenvalue weighted by molar-refractivity contribution is -0.144. The van der Waals surface area contributed by atoms with Crippen molar-refractivity contribution >= 4 is 18.0 Å². The SMILES string of the molecule is COc1cccc(/C=C/C(=O)OCC(=O)N[C@@H]2CCCc3ccccc32)c1OC. The first-order valence-electron chi connectivity index (χ1n) is 9.55. The molecule has 152 valence electrons. The third kappa shape index (κ3) is 5.16. The van der Waals surface area contributed by atoms with Crippen molar-refractivity contribution in [1.29, 1.82) is 0 Å². The first kappa shape index (κ1) is 20.5. The number of hydrogen-bond acceptors (Lipinski definition) is 5. The predicted octanol–water partition coefficient (Wildman–Crippen LogP) is 3.45. The summed E-state index contributed by atoms with van der Waals surface area (Å²) in [4.78, 5) is 24.2. The molecule has 0 aromatic heterocycles. The first-order chi connectivity index (χ1) is 14.1. The largest absolute Gasteiger partial charge is 0.493 e. The number of esters is 1. The fourth-order valence-corrected chi connectivity index (χ4v) is 3.53. The van der Waals surface area contributed by atoms with E-state index < -0.39 is 5.97 Å². The molecule has 1 aliphatic carbocycles. The van der Waals surface area contributed by atoms with Gasteiger partial charge >= 0.3 is 5.97 Å². The van der Waals surface area contributed by atoms with Crippen LogP contribution >= 0.6 is 0 Å². The van der Waals surface area contributed by atoms with Crippen molar-refractivity contribution in [3.05, 3.63) is 65.2 Å². The minimum atomic E-state index is -0.603. The fraction of sp³-hybridized carbons (Fsp3) is 0.304. The van der Waals surface area contributed by atoms with E-state index >= 15 is 0 Å². The number of hydrogen-bond donors (Lipinski definition) is 1. The molecule has 3 rings (SSSR count). The van der Waals surface area contributed by atoms with Crippen LogP contribution in [0, 0.1) is 0 Å². The summed E-state index contributed by atoms with van der Waals surface area (Å²) in [6, 6.07) is 13.4. The Bertz CT molecular complexity index is 906. The number of benzene rings is 2. The van der Waals surface area contributed by atoms with Gasteiger partial charge in [-0.15, -0.1) is 0 Å². The van der Waals surface area contributed by atoms with E-state index in [0.717, 1.165) is 24.8 Å². The van der Waals surface area contributed by atoms with Gasteiger partial charge in [0.25, 0.3) is 5.91 Å². The molecule has 0 fully saturated rings. The molecule has 1 amide bonds. The van der Waals surface area contributed by atoms with Crippen LogP contribution in [0.5, 0.6) is 11.5 Å². The summed E-state index contributed by atoms with van der Waals surface area (Å²) in [7, 11) is 3.07. The number of nitrogens with one attached hydrogen (secondary N) is 1. The highest BCUT2D eigenvalue weighted by atomic mass is 16.5.